The molecule has 2 saturated heterocycles. The van der Waals surface area contributed by atoms with Crippen LogP contribution in [0.4, 0.5) is 11.4 Å². The molecule has 14 heteroatoms. The SMILES string of the molecule is O=C(Nc1ccc(-c2cnc(-c3ccc(NC(=O)C4CCCN4C(=O)C(O)Cc4cccnc4)cc3)o2)cc1)C1CCCN1C(=O)C(O)Cc1cccnc1. The third-order valence-corrected chi connectivity index (χ3v) is 9.89. The number of nitrogens with zero attached hydrogens (tertiary/aromatic N) is 5. The zero-order chi connectivity index (χ0) is 38.3. The molecule has 4 amide bonds. The first kappa shape index (κ1) is 37.1. The molecule has 5 heterocycles. The van der Waals surface area contributed by atoms with Crippen LogP contribution in [0.1, 0.15) is 36.8 Å². The molecule has 0 spiro atoms. The van der Waals surface area contributed by atoms with E-state index in [9.17, 15) is 29.4 Å². The second kappa shape index (κ2) is 16.8. The number of pyridine rings is 2. The number of hydrogen-bond acceptors (Lipinski definition) is 10. The molecule has 0 bridgehead atoms. The fourth-order valence-electron chi connectivity index (χ4n) is 7.05. The third kappa shape index (κ3) is 8.77. The molecule has 2 aliphatic heterocycles. The van der Waals surface area contributed by atoms with Crippen molar-refractivity contribution in [3.8, 4) is 22.8 Å². The average molecular weight is 744 g/mol. The van der Waals surface area contributed by atoms with Crippen LogP contribution in [0, 0.1) is 0 Å². The Morgan fingerprint density at radius 2 is 1.15 bits per heavy atom. The molecule has 55 heavy (non-hydrogen) atoms. The lowest BCUT2D eigenvalue weighted by atomic mass is 10.1. The molecule has 0 saturated carbocycles. The fourth-order valence-corrected chi connectivity index (χ4v) is 7.05. The van der Waals surface area contributed by atoms with Crippen LogP contribution in [0.15, 0.2) is 108 Å². The van der Waals surface area contributed by atoms with Crippen molar-refractivity contribution < 1.29 is 33.8 Å². The molecule has 282 valence electrons. The Morgan fingerprint density at radius 3 is 1.60 bits per heavy atom. The highest BCUT2D eigenvalue weighted by Crippen LogP contribution is 2.29. The van der Waals surface area contributed by atoms with Gasteiger partial charge in [-0.2, -0.15) is 0 Å². The van der Waals surface area contributed by atoms with Gasteiger partial charge in [0, 0.05) is 73.2 Å². The minimum absolute atomic E-state index is 0.122. The molecule has 7 rings (SSSR count). The zero-order valence-corrected chi connectivity index (χ0v) is 30.0. The van der Waals surface area contributed by atoms with E-state index in [-0.39, 0.29) is 24.7 Å². The van der Waals surface area contributed by atoms with Gasteiger partial charge in [-0.25, -0.2) is 4.98 Å². The number of aliphatic hydroxyl groups is 2. The van der Waals surface area contributed by atoms with Crippen LogP contribution in [-0.2, 0) is 32.0 Å². The summed E-state index contributed by atoms with van der Waals surface area (Å²) in [5.41, 5.74) is 3.98. The Bertz CT molecular complexity index is 1960. The lowest BCUT2D eigenvalue weighted by Gasteiger charge is -2.26. The number of aliphatic hydroxyl groups excluding tert-OH is 2. The average Bonchev–Trinajstić information content (AvgIpc) is 4.01. The van der Waals surface area contributed by atoms with Crippen LogP contribution in [0.25, 0.3) is 22.8 Å². The molecular formula is C41H41N7O7. The molecule has 5 aromatic rings. The minimum atomic E-state index is -1.27. The van der Waals surface area contributed by atoms with Crippen molar-refractivity contribution in [3.05, 3.63) is 115 Å². The van der Waals surface area contributed by atoms with Crippen LogP contribution in [0.5, 0.6) is 0 Å². The Kier molecular flexibility index (Phi) is 11.3. The number of rotatable bonds is 12. The number of aromatic nitrogens is 3. The molecule has 4 unspecified atom stereocenters. The quantitative estimate of drug-likeness (QED) is 0.146. The van der Waals surface area contributed by atoms with Gasteiger partial charge in [0.2, 0.25) is 17.7 Å². The van der Waals surface area contributed by atoms with E-state index >= 15 is 0 Å². The number of hydrogen-bond donors (Lipinski definition) is 4. The highest BCUT2D eigenvalue weighted by atomic mass is 16.4. The monoisotopic (exact) mass is 743 g/mol. The second-order valence-electron chi connectivity index (χ2n) is 13.7. The predicted molar refractivity (Wildman–Crippen MR) is 202 cm³/mol. The van der Waals surface area contributed by atoms with Gasteiger partial charge >= 0.3 is 0 Å². The minimum Gasteiger partial charge on any atom is -0.436 e. The largest absolute Gasteiger partial charge is 0.436 e. The molecule has 14 nitrogen and oxygen atoms in total. The van der Waals surface area contributed by atoms with Crippen LogP contribution in [-0.4, -0.2) is 96.0 Å². The summed E-state index contributed by atoms with van der Waals surface area (Å²) in [5.74, 6) is -0.714. The first-order valence-electron chi connectivity index (χ1n) is 18.3. The number of likely N-dealkylation sites (tertiary alicyclic amines) is 2. The second-order valence-corrected chi connectivity index (χ2v) is 13.7. The number of oxazole rings is 1. The normalized spacial score (nSPS) is 17.8. The molecule has 0 radical (unpaired) electrons. The summed E-state index contributed by atoms with van der Waals surface area (Å²) >= 11 is 0. The molecule has 4 N–H and O–H groups in total. The lowest BCUT2D eigenvalue weighted by Crippen LogP contribution is -2.47. The number of benzene rings is 2. The van der Waals surface area contributed by atoms with Crippen molar-refractivity contribution in [2.45, 2.75) is 62.8 Å². The maximum absolute atomic E-state index is 13.2. The van der Waals surface area contributed by atoms with Crippen molar-refractivity contribution in [3.63, 3.8) is 0 Å². The number of carbonyl (C=O) groups excluding carboxylic acids is 4. The standard InChI is InChI=1S/C41H41N7O7/c49-34(21-26-5-1-17-42-23-26)40(53)47-19-3-7-32(47)37(51)45-30-13-9-28(10-14-30)36-25-44-39(55-36)29-11-15-31(16-12-29)46-38(52)33-8-4-20-48(33)41(54)35(50)22-27-6-2-18-43-24-27/h1-2,5-6,9-18,23-25,32-35,49-50H,3-4,7-8,19-22H2,(H,45,51)(H,46,52). The van der Waals surface area contributed by atoms with E-state index in [0.29, 0.717) is 67.4 Å². The van der Waals surface area contributed by atoms with Gasteiger partial charge in [0.15, 0.2) is 5.76 Å². The van der Waals surface area contributed by atoms with Crippen LogP contribution >= 0.6 is 0 Å². The Balaban J connectivity index is 0.917. The number of anilines is 2. The van der Waals surface area contributed by atoms with Crippen molar-refractivity contribution in [2.24, 2.45) is 0 Å². The summed E-state index contributed by atoms with van der Waals surface area (Å²) in [4.78, 5) is 67.9. The zero-order valence-electron chi connectivity index (χ0n) is 30.0. The molecule has 0 aliphatic carbocycles. The van der Waals surface area contributed by atoms with Crippen LogP contribution in [0.3, 0.4) is 0 Å². The van der Waals surface area contributed by atoms with Crippen molar-refractivity contribution in [1.29, 1.82) is 0 Å². The van der Waals surface area contributed by atoms with Crippen molar-refractivity contribution >= 4 is 35.0 Å². The maximum atomic E-state index is 13.2. The topological polar surface area (TPSA) is 191 Å². The van der Waals surface area contributed by atoms with Crippen molar-refractivity contribution in [2.75, 3.05) is 23.7 Å². The number of amides is 4. The summed E-state index contributed by atoms with van der Waals surface area (Å²) in [5, 5.41) is 27.0. The summed E-state index contributed by atoms with van der Waals surface area (Å²) in [6.45, 7) is 0.790. The van der Waals surface area contributed by atoms with Crippen LogP contribution in [0.2, 0.25) is 0 Å². The van der Waals surface area contributed by atoms with Gasteiger partial charge in [0.05, 0.1) is 6.20 Å². The van der Waals surface area contributed by atoms with Gasteiger partial charge in [-0.1, -0.05) is 12.1 Å². The van der Waals surface area contributed by atoms with Crippen LogP contribution < -0.4 is 10.6 Å². The Morgan fingerprint density at radius 1 is 0.673 bits per heavy atom. The summed E-state index contributed by atoms with van der Waals surface area (Å²) in [6, 6.07) is 19.8. The van der Waals surface area contributed by atoms with Gasteiger partial charge in [0.25, 0.3) is 11.8 Å². The van der Waals surface area contributed by atoms with E-state index in [1.165, 1.54) is 9.80 Å². The molecule has 2 aliphatic rings. The highest BCUT2D eigenvalue weighted by Gasteiger charge is 2.38. The number of carbonyl (C=O) groups is 4. The van der Waals surface area contributed by atoms with Gasteiger partial charge < -0.3 is 35.1 Å². The summed E-state index contributed by atoms with van der Waals surface area (Å²) < 4.78 is 6.04. The van der Waals surface area contributed by atoms with E-state index in [1.54, 1.807) is 104 Å². The van der Waals surface area contributed by atoms with Crippen molar-refractivity contribution in [1.82, 2.24) is 24.8 Å². The van der Waals surface area contributed by atoms with E-state index in [1.807, 2.05) is 0 Å². The van der Waals surface area contributed by atoms with E-state index < -0.39 is 36.1 Å². The first-order valence-corrected chi connectivity index (χ1v) is 18.3. The van der Waals surface area contributed by atoms with E-state index in [2.05, 4.69) is 25.6 Å². The third-order valence-electron chi connectivity index (χ3n) is 9.89. The molecule has 4 atom stereocenters. The summed E-state index contributed by atoms with van der Waals surface area (Å²) in [7, 11) is 0. The van der Waals surface area contributed by atoms with E-state index in [0.717, 1.165) is 16.7 Å². The molecular weight excluding hydrogens is 702 g/mol. The number of nitrogens with one attached hydrogen (secondary N) is 2. The van der Waals surface area contributed by atoms with Gasteiger partial charge in [-0.05, 0) is 97.5 Å². The molecule has 3 aromatic heterocycles. The summed E-state index contributed by atoms with van der Waals surface area (Å²) in [6.07, 6.45) is 8.10. The highest BCUT2D eigenvalue weighted by molar-refractivity contribution is 5.99. The Hall–Kier alpha value is -6.25. The first-order chi connectivity index (χ1) is 26.7. The lowest BCUT2D eigenvalue weighted by molar-refractivity contribution is -0.144. The smallest absolute Gasteiger partial charge is 0.252 e. The molecule has 2 fully saturated rings. The van der Waals surface area contributed by atoms with Gasteiger partial charge in [-0.3, -0.25) is 29.1 Å². The van der Waals surface area contributed by atoms with E-state index in [4.69, 9.17) is 4.42 Å². The van der Waals surface area contributed by atoms with Gasteiger partial charge in [0.1, 0.15) is 24.3 Å². The predicted octanol–water partition coefficient (Wildman–Crippen LogP) is 3.86. The maximum Gasteiger partial charge on any atom is 0.252 e. The molecule has 2 aromatic carbocycles. The Labute approximate surface area is 317 Å². The fraction of sp³-hybridized carbons (Fsp3) is 0.293. The van der Waals surface area contributed by atoms with Gasteiger partial charge in [-0.15, -0.1) is 0 Å².